The van der Waals surface area contributed by atoms with Crippen molar-refractivity contribution in [2.75, 3.05) is 46.6 Å². The first kappa shape index (κ1) is 25.6. The van der Waals surface area contributed by atoms with E-state index < -0.39 is 0 Å². The van der Waals surface area contributed by atoms with E-state index in [-0.39, 0.29) is 29.4 Å². The van der Waals surface area contributed by atoms with Crippen molar-refractivity contribution < 1.29 is 14.2 Å². The molecule has 0 radical (unpaired) electrons. The molecule has 0 atom stereocenters. The van der Waals surface area contributed by atoms with Crippen LogP contribution in [0.1, 0.15) is 36.5 Å². The number of guanidine groups is 1. The van der Waals surface area contributed by atoms with Crippen LogP contribution < -0.4 is 20.1 Å². The molecule has 0 aromatic heterocycles. The summed E-state index contributed by atoms with van der Waals surface area (Å²) in [5, 5.41) is 7.05. The maximum Gasteiger partial charge on any atom is 0.191 e. The van der Waals surface area contributed by atoms with Crippen LogP contribution in [0.3, 0.4) is 0 Å². The van der Waals surface area contributed by atoms with Gasteiger partial charge in [-0.3, -0.25) is 4.99 Å². The average molecular weight is 565 g/mol. The SMILES string of the molecule is CCOc1ccc(C2(CNC(=NC)NCCc3ccc4c(c3)CCO4)CCOCC2)cc1.I. The lowest BCUT2D eigenvalue weighted by Gasteiger charge is -2.38. The van der Waals surface area contributed by atoms with Gasteiger partial charge in [-0.25, -0.2) is 0 Å². The Bertz CT molecular complexity index is 911. The lowest BCUT2D eigenvalue weighted by Crippen LogP contribution is -2.48. The van der Waals surface area contributed by atoms with E-state index >= 15 is 0 Å². The molecule has 180 valence electrons. The number of hydrogen-bond donors (Lipinski definition) is 2. The number of rotatable bonds is 8. The largest absolute Gasteiger partial charge is 0.494 e. The monoisotopic (exact) mass is 565 g/mol. The van der Waals surface area contributed by atoms with E-state index in [0.717, 1.165) is 76.1 Å². The van der Waals surface area contributed by atoms with E-state index in [1.807, 2.05) is 14.0 Å². The molecule has 6 nitrogen and oxygen atoms in total. The van der Waals surface area contributed by atoms with Crippen molar-refractivity contribution in [1.82, 2.24) is 10.6 Å². The lowest BCUT2D eigenvalue weighted by molar-refractivity contribution is 0.0513. The van der Waals surface area contributed by atoms with Crippen molar-refractivity contribution in [3.8, 4) is 11.5 Å². The van der Waals surface area contributed by atoms with Gasteiger partial charge in [0.25, 0.3) is 0 Å². The van der Waals surface area contributed by atoms with E-state index in [0.29, 0.717) is 6.61 Å². The zero-order valence-electron chi connectivity index (χ0n) is 19.7. The van der Waals surface area contributed by atoms with Gasteiger partial charge in [-0.2, -0.15) is 0 Å². The fraction of sp³-hybridized carbons (Fsp3) is 0.500. The zero-order valence-corrected chi connectivity index (χ0v) is 22.0. The highest BCUT2D eigenvalue weighted by Gasteiger charge is 2.34. The quantitative estimate of drug-likeness (QED) is 0.287. The first-order valence-corrected chi connectivity index (χ1v) is 11.7. The van der Waals surface area contributed by atoms with Gasteiger partial charge in [0.15, 0.2) is 5.96 Å². The summed E-state index contributed by atoms with van der Waals surface area (Å²) in [7, 11) is 1.83. The molecule has 2 aromatic carbocycles. The molecule has 7 heteroatoms. The normalized spacial score (nSPS) is 16.8. The maximum atomic E-state index is 5.68. The minimum atomic E-state index is 0. The third-order valence-corrected chi connectivity index (χ3v) is 6.51. The van der Waals surface area contributed by atoms with Crippen LogP contribution in [0, 0.1) is 0 Å². The molecule has 33 heavy (non-hydrogen) atoms. The van der Waals surface area contributed by atoms with Gasteiger partial charge in [0, 0.05) is 45.2 Å². The third-order valence-electron chi connectivity index (χ3n) is 6.51. The summed E-state index contributed by atoms with van der Waals surface area (Å²) >= 11 is 0. The number of aliphatic imine (C=N–C) groups is 1. The maximum absolute atomic E-state index is 5.68. The summed E-state index contributed by atoms with van der Waals surface area (Å²) in [5.41, 5.74) is 4.00. The molecule has 0 bridgehead atoms. The Balaban J connectivity index is 0.00000306. The van der Waals surface area contributed by atoms with Crippen molar-refractivity contribution >= 4 is 29.9 Å². The summed E-state index contributed by atoms with van der Waals surface area (Å²) in [6.45, 7) is 6.70. The summed E-state index contributed by atoms with van der Waals surface area (Å²) < 4.78 is 16.9. The van der Waals surface area contributed by atoms with Gasteiger partial charge in [-0.1, -0.05) is 24.3 Å². The molecule has 1 saturated heterocycles. The number of ether oxygens (including phenoxy) is 3. The summed E-state index contributed by atoms with van der Waals surface area (Å²) in [5.74, 6) is 2.79. The van der Waals surface area contributed by atoms with Gasteiger partial charge in [-0.05, 0) is 61.1 Å². The highest BCUT2D eigenvalue weighted by Crippen LogP contribution is 2.35. The Hall–Kier alpha value is -2.00. The lowest BCUT2D eigenvalue weighted by atomic mass is 9.74. The molecule has 0 spiro atoms. The molecule has 4 rings (SSSR count). The molecule has 2 heterocycles. The van der Waals surface area contributed by atoms with Crippen LogP contribution in [-0.2, 0) is 23.0 Å². The zero-order chi connectivity index (χ0) is 22.2. The molecule has 2 N–H and O–H groups in total. The molecule has 0 amide bonds. The smallest absolute Gasteiger partial charge is 0.191 e. The minimum Gasteiger partial charge on any atom is -0.494 e. The predicted molar refractivity (Wildman–Crippen MR) is 143 cm³/mol. The molecular weight excluding hydrogens is 529 g/mol. The van der Waals surface area contributed by atoms with Gasteiger partial charge in [-0.15, -0.1) is 24.0 Å². The second-order valence-corrected chi connectivity index (χ2v) is 8.49. The van der Waals surface area contributed by atoms with E-state index in [2.05, 4.69) is 58.1 Å². The van der Waals surface area contributed by atoms with Gasteiger partial charge < -0.3 is 24.8 Å². The molecule has 2 aliphatic heterocycles. The first-order chi connectivity index (χ1) is 15.7. The van der Waals surface area contributed by atoms with Crippen LogP contribution in [0.4, 0.5) is 0 Å². The minimum absolute atomic E-state index is 0. The molecule has 2 aliphatic rings. The molecule has 0 aliphatic carbocycles. The molecule has 1 fully saturated rings. The summed E-state index contributed by atoms with van der Waals surface area (Å²) in [6, 6.07) is 15.1. The number of hydrogen-bond acceptors (Lipinski definition) is 4. The second-order valence-electron chi connectivity index (χ2n) is 8.49. The topological polar surface area (TPSA) is 64.1 Å². The molecule has 0 unspecified atom stereocenters. The average Bonchev–Trinajstić information content (AvgIpc) is 3.30. The fourth-order valence-electron chi connectivity index (χ4n) is 4.60. The molecule has 2 aromatic rings. The van der Waals surface area contributed by atoms with Gasteiger partial charge in [0.05, 0.1) is 13.2 Å². The standard InChI is InChI=1S/C26H35N3O3.HI/c1-3-31-23-7-5-22(6-8-23)26(12-16-30-17-13-26)19-29-25(27-2)28-14-10-20-4-9-24-21(18-20)11-15-32-24;/h4-9,18H,3,10-17,19H2,1-2H3,(H2,27,28,29);1H. The third kappa shape index (κ3) is 6.53. The highest BCUT2D eigenvalue weighted by molar-refractivity contribution is 14.0. The molecule has 0 saturated carbocycles. The fourth-order valence-corrected chi connectivity index (χ4v) is 4.60. The Morgan fingerprint density at radius 2 is 1.85 bits per heavy atom. The van der Waals surface area contributed by atoms with Gasteiger partial charge in [0.2, 0.25) is 0 Å². The van der Waals surface area contributed by atoms with Crippen molar-refractivity contribution in [2.24, 2.45) is 4.99 Å². The van der Waals surface area contributed by atoms with Crippen molar-refractivity contribution in [1.29, 1.82) is 0 Å². The van der Waals surface area contributed by atoms with E-state index in [9.17, 15) is 0 Å². The van der Waals surface area contributed by atoms with E-state index in [1.54, 1.807) is 0 Å². The van der Waals surface area contributed by atoms with Gasteiger partial charge >= 0.3 is 0 Å². The number of benzene rings is 2. The number of halogens is 1. The van der Waals surface area contributed by atoms with Crippen LogP contribution in [0.15, 0.2) is 47.5 Å². The Labute approximate surface area is 214 Å². The van der Waals surface area contributed by atoms with Crippen LogP contribution in [0.5, 0.6) is 11.5 Å². The number of nitrogens with one attached hydrogen (secondary N) is 2. The van der Waals surface area contributed by atoms with Crippen molar-refractivity contribution in [2.45, 2.75) is 38.0 Å². The van der Waals surface area contributed by atoms with Gasteiger partial charge in [0.1, 0.15) is 11.5 Å². The Morgan fingerprint density at radius 3 is 2.58 bits per heavy atom. The highest BCUT2D eigenvalue weighted by atomic mass is 127. The predicted octanol–water partition coefficient (Wildman–Crippen LogP) is 4.09. The summed E-state index contributed by atoms with van der Waals surface area (Å²) in [6.07, 6.45) is 3.94. The van der Waals surface area contributed by atoms with Crippen LogP contribution in [-0.4, -0.2) is 52.5 Å². The van der Waals surface area contributed by atoms with Crippen LogP contribution >= 0.6 is 24.0 Å². The molecular formula is C26H36IN3O3. The summed E-state index contributed by atoms with van der Waals surface area (Å²) in [4.78, 5) is 4.45. The van der Waals surface area contributed by atoms with E-state index in [1.165, 1.54) is 16.7 Å². The Morgan fingerprint density at radius 1 is 1.06 bits per heavy atom. The Kier molecular flexibility index (Phi) is 9.67. The number of nitrogens with zero attached hydrogens (tertiary/aromatic N) is 1. The first-order valence-electron chi connectivity index (χ1n) is 11.7. The van der Waals surface area contributed by atoms with E-state index in [4.69, 9.17) is 14.2 Å². The van der Waals surface area contributed by atoms with Crippen molar-refractivity contribution in [3.05, 3.63) is 59.2 Å². The second kappa shape index (κ2) is 12.5. The van der Waals surface area contributed by atoms with Crippen LogP contribution in [0.2, 0.25) is 0 Å². The van der Waals surface area contributed by atoms with Crippen molar-refractivity contribution in [3.63, 3.8) is 0 Å². The number of fused-ring (bicyclic) bond motifs is 1. The van der Waals surface area contributed by atoms with Crippen LogP contribution in [0.25, 0.3) is 0 Å².